The molecule has 0 spiro atoms. The van der Waals surface area contributed by atoms with E-state index in [0.29, 0.717) is 0 Å². The van der Waals surface area contributed by atoms with Crippen molar-refractivity contribution in [3.63, 3.8) is 0 Å². The number of carbonyl (C=O) groups excluding carboxylic acids is 1. The number of esters is 1. The Kier molecular flexibility index (Phi) is 5.26. The third kappa shape index (κ3) is 3.35. The van der Waals surface area contributed by atoms with Gasteiger partial charge in [0.15, 0.2) is 11.5 Å². The van der Waals surface area contributed by atoms with Gasteiger partial charge in [-0.2, -0.15) is 0 Å². The van der Waals surface area contributed by atoms with Crippen LogP contribution in [0.2, 0.25) is 0 Å². The van der Waals surface area contributed by atoms with Crippen molar-refractivity contribution in [1.29, 1.82) is 0 Å². The molecule has 0 fully saturated rings. The average Bonchev–Trinajstić information content (AvgIpc) is 2.65. The van der Waals surface area contributed by atoms with Gasteiger partial charge in [0.05, 0.1) is 13.2 Å². The van der Waals surface area contributed by atoms with E-state index in [-0.39, 0.29) is 6.61 Å². The minimum Gasteiger partial charge on any atom is -0.461 e. The molecule has 0 aromatic carbocycles. The molecule has 0 radical (unpaired) electrons. The molecule has 1 heterocycles. The summed E-state index contributed by atoms with van der Waals surface area (Å²) in [6.07, 6.45) is 0.980. The highest BCUT2D eigenvalue weighted by atomic mass is 32.2. The summed E-state index contributed by atoms with van der Waals surface area (Å²) in [5, 5.41) is 8.83. The Labute approximate surface area is 116 Å². The number of ether oxygens (including phenoxy) is 1. The summed E-state index contributed by atoms with van der Waals surface area (Å²) in [6, 6.07) is -0.773. The van der Waals surface area contributed by atoms with Crippen LogP contribution in [0, 0.1) is 5.82 Å². The molecule has 1 aromatic rings. The first kappa shape index (κ1) is 16.6. The van der Waals surface area contributed by atoms with Crippen LogP contribution in [0.1, 0.15) is 24.3 Å². The lowest BCUT2D eigenvalue weighted by Gasteiger charge is -2.10. The third-order valence-corrected chi connectivity index (χ3v) is 4.05. The molecule has 9 heteroatoms. The second-order valence-electron chi connectivity index (χ2n) is 4.19. The highest BCUT2D eigenvalue weighted by molar-refractivity contribution is 7.89. The van der Waals surface area contributed by atoms with Gasteiger partial charge < -0.3 is 14.4 Å². The van der Waals surface area contributed by atoms with Crippen molar-refractivity contribution in [3.8, 4) is 0 Å². The normalized spacial score (nSPS) is 13.2. The number of halogens is 1. The second-order valence-corrected chi connectivity index (χ2v) is 5.87. The Hall–Kier alpha value is -1.45. The SMILES string of the molecule is CCOC(=O)c1c(F)c(S(=O)(=O)NC(C)CO)cn1C. The topological polar surface area (TPSA) is 97.6 Å². The first-order valence-corrected chi connectivity index (χ1v) is 7.38. The fourth-order valence-electron chi connectivity index (χ4n) is 1.55. The number of sulfonamides is 1. The van der Waals surface area contributed by atoms with E-state index in [1.54, 1.807) is 6.92 Å². The zero-order valence-corrected chi connectivity index (χ0v) is 12.2. The van der Waals surface area contributed by atoms with Crippen molar-refractivity contribution < 1.29 is 27.4 Å². The second kappa shape index (κ2) is 6.33. The van der Waals surface area contributed by atoms with E-state index in [1.165, 1.54) is 14.0 Å². The molecule has 0 amide bonds. The largest absolute Gasteiger partial charge is 0.461 e. The molecule has 0 aliphatic rings. The van der Waals surface area contributed by atoms with Gasteiger partial charge in [0.1, 0.15) is 4.90 Å². The van der Waals surface area contributed by atoms with Crippen molar-refractivity contribution in [3.05, 3.63) is 17.7 Å². The lowest BCUT2D eigenvalue weighted by molar-refractivity contribution is 0.0509. The lowest BCUT2D eigenvalue weighted by Crippen LogP contribution is -2.35. The number of aliphatic hydroxyl groups excluding tert-OH is 1. The number of hydrogen-bond acceptors (Lipinski definition) is 5. The standard InChI is InChI=1S/C11H17FN2O5S/c1-4-19-11(16)10-9(12)8(5-14(10)3)20(17,18)13-7(2)6-15/h5,7,13,15H,4,6H2,1-3H3. The fraction of sp³-hybridized carbons (Fsp3) is 0.545. The summed E-state index contributed by atoms with van der Waals surface area (Å²) in [7, 11) is -2.83. The van der Waals surface area contributed by atoms with Gasteiger partial charge in [-0.25, -0.2) is 22.3 Å². The van der Waals surface area contributed by atoms with Crippen LogP contribution in [-0.2, 0) is 21.8 Å². The summed E-state index contributed by atoms with van der Waals surface area (Å²) in [6.45, 7) is 2.59. The monoisotopic (exact) mass is 308 g/mol. The number of aliphatic hydroxyl groups is 1. The molecule has 0 saturated carbocycles. The van der Waals surface area contributed by atoms with Crippen molar-refractivity contribution >= 4 is 16.0 Å². The van der Waals surface area contributed by atoms with Crippen LogP contribution in [0.25, 0.3) is 0 Å². The molecular formula is C11H17FN2O5S. The molecule has 114 valence electrons. The zero-order valence-electron chi connectivity index (χ0n) is 11.4. The van der Waals surface area contributed by atoms with Crippen LogP contribution in [0.15, 0.2) is 11.1 Å². The highest BCUT2D eigenvalue weighted by Crippen LogP contribution is 2.21. The first-order valence-electron chi connectivity index (χ1n) is 5.89. The van der Waals surface area contributed by atoms with Crippen LogP contribution in [0.5, 0.6) is 0 Å². The van der Waals surface area contributed by atoms with Gasteiger partial charge in [-0.15, -0.1) is 0 Å². The molecule has 0 saturated heterocycles. The molecule has 2 N–H and O–H groups in total. The Morgan fingerprint density at radius 3 is 2.70 bits per heavy atom. The average molecular weight is 308 g/mol. The van der Waals surface area contributed by atoms with Gasteiger partial charge in [0.25, 0.3) is 0 Å². The van der Waals surface area contributed by atoms with E-state index < -0.39 is 45.0 Å². The van der Waals surface area contributed by atoms with E-state index in [4.69, 9.17) is 5.11 Å². The van der Waals surface area contributed by atoms with Gasteiger partial charge in [0, 0.05) is 19.3 Å². The maximum absolute atomic E-state index is 14.1. The number of aromatic nitrogens is 1. The van der Waals surface area contributed by atoms with E-state index in [2.05, 4.69) is 9.46 Å². The van der Waals surface area contributed by atoms with Crippen LogP contribution >= 0.6 is 0 Å². The number of nitrogens with zero attached hydrogens (tertiary/aromatic N) is 1. The maximum Gasteiger partial charge on any atom is 0.358 e. The molecule has 1 atom stereocenters. The smallest absolute Gasteiger partial charge is 0.358 e. The zero-order chi connectivity index (χ0) is 15.5. The van der Waals surface area contributed by atoms with Gasteiger partial charge in [-0.05, 0) is 13.8 Å². The van der Waals surface area contributed by atoms with E-state index in [9.17, 15) is 17.6 Å². The first-order chi connectivity index (χ1) is 9.24. The predicted octanol–water partition coefficient (Wildman–Crippen LogP) is -0.000000000000000389. The number of aryl methyl sites for hydroxylation is 1. The third-order valence-electron chi connectivity index (χ3n) is 2.48. The van der Waals surface area contributed by atoms with Crippen LogP contribution in [0.3, 0.4) is 0 Å². The van der Waals surface area contributed by atoms with Gasteiger partial charge in [-0.1, -0.05) is 0 Å². The summed E-state index contributed by atoms with van der Waals surface area (Å²) in [4.78, 5) is 10.9. The van der Waals surface area contributed by atoms with E-state index in [1.807, 2.05) is 0 Å². The quantitative estimate of drug-likeness (QED) is 0.721. The number of nitrogens with one attached hydrogen (secondary N) is 1. The molecule has 0 aliphatic carbocycles. The maximum atomic E-state index is 14.1. The molecule has 1 rings (SSSR count). The Bertz CT molecular complexity index is 596. The molecule has 0 aliphatic heterocycles. The van der Waals surface area contributed by atoms with Crippen molar-refractivity contribution in [2.45, 2.75) is 24.8 Å². The van der Waals surface area contributed by atoms with Crippen LogP contribution in [0.4, 0.5) is 4.39 Å². The highest BCUT2D eigenvalue weighted by Gasteiger charge is 2.29. The van der Waals surface area contributed by atoms with Crippen LogP contribution in [-0.4, -0.2) is 43.3 Å². The Morgan fingerprint density at radius 1 is 1.60 bits per heavy atom. The predicted molar refractivity (Wildman–Crippen MR) is 68.2 cm³/mol. The number of hydrogen-bond donors (Lipinski definition) is 2. The summed E-state index contributed by atoms with van der Waals surface area (Å²) >= 11 is 0. The Balaban J connectivity index is 3.22. The fourth-order valence-corrected chi connectivity index (χ4v) is 2.92. The molecule has 20 heavy (non-hydrogen) atoms. The van der Waals surface area contributed by atoms with Crippen molar-refractivity contribution in [2.75, 3.05) is 13.2 Å². The molecule has 1 unspecified atom stereocenters. The molecule has 1 aromatic heterocycles. The van der Waals surface area contributed by atoms with Crippen molar-refractivity contribution in [2.24, 2.45) is 7.05 Å². The number of rotatable bonds is 6. The molecule has 7 nitrogen and oxygen atoms in total. The minimum absolute atomic E-state index is 0.0470. The molecule has 0 bridgehead atoms. The van der Waals surface area contributed by atoms with Gasteiger partial charge >= 0.3 is 5.97 Å². The van der Waals surface area contributed by atoms with Gasteiger partial charge in [0.2, 0.25) is 10.0 Å². The summed E-state index contributed by atoms with van der Waals surface area (Å²) in [5.74, 6) is -2.12. The summed E-state index contributed by atoms with van der Waals surface area (Å²) in [5.41, 5.74) is -0.469. The van der Waals surface area contributed by atoms with E-state index >= 15 is 0 Å². The molecular weight excluding hydrogens is 291 g/mol. The van der Waals surface area contributed by atoms with E-state index in [0.717, 1.165) is 10.8 Å². The summed E-state index contributed by atoms with van der Waals surface area (Å²) < 4.78 is 45.8. The van der Waals surface area contributed by atoms with Crippen molar-refractivity contribution in [1.82, 2.24) is 9.29 Å². The lowest BCUT2D eigenvalue weighted by atomic mass is 10.4. The minimum atomic E-state index is -4.17. The van der Waals surface area contributed by atoms with Crippen LogP contribution < -0.4 is 4.72 Å². The Morgan fingerprint density at radius 2 is 2.20 bits per heavy atom. The number of carbonyl (C=O) groups is 1. The van der Waals surface area contributed by atoms with Gasteiger partial charge in [-0.3, -0.25) is 0 Å².